The molecule has 0 bridgehead atoms. The number of hydrogen-bond donors (Lipinski definition) is 0. The van der Waals surface area contributed by atoms with Crippen LogP contribution in [0.5, 0.6) is 0 Å². The molecule has 0 spiro atoms. The maximum absolute atomic E-state index is 13.4. The maximum atomic E-state index is 13.4. The Hall–Kier alpha value is -1.44. The quantitative estimate of drug-likeness (QED) is 0.629. The molecule has 0 radical (unpaired) electrons. The monoisotopic (exact) mass is 422 g/mol. The molecule has 8 heteroatoms. The van der Waals surface area contributed by atoms with Gasteiger partial charge in [-0.15, -0.1) is 0 Å². The fourth-order valence-electron chi connectivity index (χ4n) is 3.46. The lowest BCUT2D eigenvalue weighted by Crippen LogP contribution is -2.35. The smallest absolute Gasteiger partial charge is 0.299 e. The van der Waals surface area contributed by atoms with Gasteiger partial charge in [0.1, 0.15) is 11.6 Å². The van der Waals surface area contributed by atoms with E-state index < -0.39 is 32.1 Å². The van der Waals surface area contributed by atoms with Gasteiger partial charge in [-0.2, -0.15) is 13.2 Å². The highest BCUT2D eigenvalue weighted by Crippen LogP contribution is 2.34. The lowest BCUT2D eigenvalue weighted by Gasteiger charge is -2.30. The Kier molecular flexibility index (Phi) is 6.63. The summed E-state index contributed by atoms with van der Waals surface area (Å²) in [6, 6.07) is 2.62. The van der Waals surface area contributed by atoms with Crippen molar-refractivity contribution in [1.82, 2.24) is 0 Å². The van der Waals surface area contributed by atoms with Gasteiger partial charge < -0.3 is 0 Å². The fourth-order valence-corrected chi connectivity index (χ4v) is 4.91. The van der Waals surface area contributed by atoms with Crippen molar-refractivity contribution < 1.29 is 30.8 Å². The van der Waals surface area contributed by atoms with Crippen LogP contribution in [-0.2, 0) is 27.2 Å². The van der Waals surface area contributed by atoms with Gasteiger partial charge in [0.15, 0.2) is 9.84 Å². The average molecular weight is 422 g/mol. The number of sulfone groups is 1. The van der Waals surface area contributed by atoms with E-state index in [0.717, 1.165) is 6.07 Å². The molecule has 2 rings (SSSR count). The second kappa shape index (κ2) is 8.13. The average Bonchev–Trinajstić information content (AvgIpc) is 2.54. The van der Waals surface area contributed by atoms with Crippen molar-refractivity contribution in [3.63, 3.8) is 0 Å². The Bertz CT molecular complexity index is 815. The van der Waals surface area contributed by atoms with Crippen molar-refractivity contribution >= 4 is 15.6 Å². The Balaban J connectivity index is 1.96. The highest BCUT2D eigenvalue weighted by molar-refractivity contribution is 7.92. The number of alkyl halides is 3. The first kappa shape index (κ1) is 22.8. The van der Waals surface area contributed by atoms with Crippen LogP contribution in [0.1, 0.15) is 57.6 Å². The molecule has 1 aliphatic carbocycles. The van der Waals surface area contributed by atoms with Crippen LogP contribution in [-0.4, -0.2) is 24.7 Å². The molecule has 0 aliphatic heterocycles. The Morgan fingerprint density at radius 1 is 1.07 bits per heavy atom. The molecule has 1 saturated carbocycles. The Morgan fingerprint density at radius 2 is 1.64 bits per heavy atom. The minimum absolute atomic E-state index is 0.00377. The Labute approximate surface area is 163 Å². The number of carbonyl (C=O) groups excluding carboxylic acids is 1. The molecule has 0 unspecified atom stereocenters. The van der Waals surface area contributed by atoms with E-state index in [9.17, 15) is 30.8 Å². The molecule has 1 aromatic carbocycles. The zero-order valence-electron chi connectivity index (χ0n) is 16.3. The standard InChI is InChI=1S/C20H26F4O3S/c1-19(2,3)28(26,27)12-13-4-7-15(8-5-13)18(25)11-14-6-9-17(21)16(10-14)20(22,23)24/h6,9-10,13,15H,4-5,7-8,11-12H2,1-3H3. The van der Waals surface area contributed by atoms with Crippen molar-refractivity contribution in [1.29, 1.82) is 0 Å². The van der Waals surface area contributed by atoms with Crippen LogP contribution >= 0.6 is 0 Å². The van der Waals surface area contributed by atoms with Crippen LogP contribution in [0.3, 0.4) is 0 Å². The molecular formula is C20H26F4O3S. The first-order valence-electron chi connectivity index (χ1n) is 9.31. The molecule has 1 fully saturated rings. The van der Waals surface area contributed by atoms with Crippen LogP contribution < -0.4 is 0 Å². The molecule has 28 heavy (non-hydrogen) atoms. The highest BCUT2D eigenvalue weighted by Gasteiger charge is 2.36. The van der Waals surface area contributed by atoms with Gasteiger partial charge in [0, 0.05) is 12.3 Å². The summed E-state index contributed by atoms with van der Waals surface area (Å²) in [5.41, 5.74) is -1.23. The van der Waals surface area contributed by atoms with Crippen molar-refractivity contribution in [2.45, 2.75) is 63.8 Å². The van der Waals surface area contributed by atoms with Crippen molar-refractivity contribution in [3.05, 3.63) is 35.1 Å². The van der Waals surface area contributed by atoms with Crippen LogP contribution in [0, 0.1) is 17.7 Å². The van der Waals surface area contributed by atoms with Crippen molar-refractivity contribution in [3.8, 4) is 0 Å². The normalized spacial score (nSPS) is 21.5. The largest absolute Gasteiger partial charge is 0.419 e. The molecule has 0 saturated heterocycles. The summed E-state index contributed by atoms with van der Waals surface area (Å²) in [4.78, 5) is 12.5. The third-order valence-corrected chi connectivity index (χ3v) is 8.18. The summed E-state index contributed by atoms with van der Waals surface area (Å²) in [5, 5.41) is 0. The summed E-state index contributed by atoms with van der Waals surface area (Å²) >= 11 is 0. The summed E-state index contributed by atoms with van der Waals surface area (Å²) < 4.78 is 75.6. The van der Waals surface area contributed by atoms with Gasteiger partial charge in [0.25, 0.3) is 0 Å². The molecule has 0 N–H and O–H groups in total. The van der Waals surface area contributed by atoms with Gasteiger partial charge in [-0.25, -0.2) is 12.8 Å². The van der Waals surface area contributed by atoms with Crippen molar-refractivity contribution in [2.24, 2.45) is 11.8 Å². The Morgan fingerprint density at radius 3 is 2.14 bits per heavy atom. The minimum atomic E-state index is -4.81. The van der Waals surface area contributed by atoms with Gasteiger partial charge in [0.2, 0.25) is 0 Å². The first-order chi connectivity index (χ1) is 12.7. The van der Waals surface area contributed by atoms with E-state index in [4.69, 9.17) is 0 Å². The summed E-state index contributed by atoms with van der Waals surface area (Å²) in [6.45, 7) is 4.99. The maximum Gasteiger partial charge on any atom is 0.419 e. The zero-order valence-corrected chi connectivity index (χ0v) is 17.1. The van der Waals surface area contributed by atoms with E-state index in [0.29, 0.717) is 31.7 Å². The molecule has 0 heterocycles. The van der Waals surface area contributed by atoms with Gasteiger partial charge in [0.05, 0.1) is 16.1 Å². The highest BCUT2D eigenvalue weighted by atomic mass is 32.2. The number of Topliss-reactive ketones (excluding diaryl/α,β-unsaturated/α-hetero) is 1. The predicted octanol–water partition coefficient (Wildman–Crippen LogP) is 4.98. The SMILES string of the molecule is CC(C)(C)S(=O)(=O)CC1CCC(C(=O)Cc2ccc(F)c(C(F)(F)F)c2)CC1. The lowest BCUT2D eigenvalue weighted by atomic mass is 9.79. The van der Waals surface area contributed by atoms with Crippen LogP contribution in [0.25, 0.3) is 0 Å². The van der Waals surface area contributed by atoms with E-state index in [1.165, 1.54) is 6.07 Å². The number of halogens is 4. The van der Waals surface area contributed by atoms with Gasteiger partial charge in [-0.1, -0.05) is 6.07 Å². The number of hydrogen-bond acceptors (Lipinski definition) is 3. The molecule has 0 aromatic heterocycles. The second-order valence-corrected chi connectivity index (χ2v) is 11.4. The third kappa shape index (κ3) is 5.55. The number of carbonyl (C=O) groups is 1. The molecule has 0 amide bonds. The van der Waals surface area contributed by atoms with E-state index in [1.807, 2.05) is 0 Å². The zero-order chi connectivity index (χ0) is 21.3. The van der Waals surface area contributed by atoms with E-state index >= 15 is 0 Å². The summed E-state index contributed by atoms with van der Waals surface area (Å²) in [5.74, 6) is -1.75. The topological polar surface area (TPSA) is 51.2 Å². The second-order valence-electron chi connectivity index (χ2n) is 8.57. The minimum Gasteiger partial charge on any atom is -0.299 e. The lowest BCUT2D eigenvalue weighted by molar-refractivity contribution is -0.140. The number of rotatable bonds is 5. The van der Waals surface area contributed by atoms with E-state index in [-0.39, 0.29) is 35.4 Å². The molecule has 3 nitrogen and oxygen atoms in total. The number of ketones is 1. The van der Waals surface area contributed by atoms with E-state index in [2.05, 4.69) is 0 Å². The fraction of sp³-hybridized carbons (Fsp3) is 0.650. The van der Waals surface area contributed by atoms with Gasteiger partial charge in [-0.3, -0.25) is 4.79 Å². The van der Waals surface area contributed by atoms with E-state index in [1.54, 1.807) is 20.8 Å². The predicted molar refractivity (Wildman–Crippen MR) is 99.1 cm³/mol. The third-order valence-electron chi connectivity index (χ3n) is 5.40. The number of benzene rings is 1. The van der Waals surface area contributed by atoms with Crippen molar-refractivity contribution in [2.75, 3.05) is 5.75 Å². The summed E-state index contributed by atoms with van der Waals surface area (Å²) in [7, 11) is -3.23. The van der Waals surface area contributed by atoms with Gasteiger partial charge >= 0.3 is 6.18 Å². The summed E-state index contributed by atoms with van der Waals surface area (Å²) in [6.07, 6.45) is -2.74. The van der Waals surface area contributed by atoms with Crippen LogP contribution in [0.2, 0.25) is 0 Å². The molecule has 158 valence electrons. The molecular weight excluding hydrogens is 396 g/mol. The molecule has 1 aliphatic rings. The van der Waals surface area contributed by atoms with Crippen LogP contribution in [0.15, 0.2) is 18.2 Å². The molecule has 0 atom stereocenters. The molecule has 1 aromatic rings. The van der Waals surface area contributed by atoms with Gasteiger partial charge in [-0.05, 0) is 70.1 Å². The van der Waals surface area contributed by atoms with Crippen LogP contribution in [0.4, 0.5) is 17.6 Å². The first-order valence-corrected chi connectivity index (χ1v) is 11.0.